The molecule has 21 heavy (non-hydrogen) atoms. The van der Waals surface area contributed by atoms with Crippen LogP contribution in [-0.4, -0.2) is 19.7 Å². The van der Waals surface area contributed by atoms with Gasteiger partial charge < -0.3 is 10.1 Å². The second-order valence-electron chi connectivity index (χ2n) is 5.52. The van der Waals surface area contributed by atoms with Gasteiger partial charge in [-0.1, -0.05) is 36.4 Å². The maximum Gasteiger partial charge on any atom is 0.133 e. The zero-order valence-corrected chi connectivity index (χ0v) is 13.6. The molecule has 0 saturated carbocycles. The Morgan fingerprint density at radius 2 is 1.76 bits per heavy atom. The fraction of sp³-hybridized carbons (Fsp3) is 0.333. The normalized spacial score (nSPS) is 15.9. The Hall–Kier alpha value is -1.32. The molecule has 110 valence electrons. The van der Waals surface area contributed by atoms with Gasteiger partial charge in [-0.05, 0) is 71.0 Å². The molecule has 1 fully saturated rings. The molecule has 2 aromatic carbocycles. The van der Waals surface area contributed by atoms with Gasteiger partial charge in [-0.3, -0.25) is 0 Å². The average molecular weight is 346 g/mol. The van der Waals surface area contributed by atoms with Crippen LogP contribution in [0, 0.1) is 5.92 Å². The highest BCUT2D eigenvalue weighted by Gasteiger charge is 2.14. The largest absolute Gasteiger partial charge is 0.492 e. The van der Waals surface area contributed by atoms with Crippen molar-refractivity contribution in [1.82, 2.24) is 5.32 Å². The van der Waals surface area contributed by atoms with Gasteiger partial charge in [-0.2, -0.15) is 0 Å². The summed E-state index contributed by atoms with van der Waals surface area (Å²) in [6, 6.07) is 16.7. The fourth-order valence-electron chi connectivity index (χ4n) is 2.68. The van der Waals surface area contributed by atoms with E-state index in [2.05, 4.69) is 63.7 Å². The summed E-state index contributed by atoms with van der Waals surface area (Å²) in [6.07, 6.45) is 2.42. The molecule has 1 heterocycles. The van der Waals surface area contributed by atoms with Crippen molar-refractivity contribution in [3.8, 4) is 16.9 Å². The van der Waals surface area contributed by atoms with Crippen molar-refractivity contribution in [2.24, 2.45) is 5.92 Å². The van der Waals surface area contributed by atoms with Gasteiger partial charge >= 0.3 is 0 Å². The highest BCUT2D eigenvalue weighted by Crippen LogP contribution is 2.31. The van der Waals surface area contributed by atoms with Crippen molar-refractivity contribution in [1.29, 1.82) is 0 Å². The van der Waals surface area contributed by atoms with Crippen LogP contribution in [0.2, 0.25) is 0 Å². The van der Waals surface area contributed by atoms with Crippen molar-refractivity contribution in [3.05, 3.63) is 53.0 Å². The lowest BCUT2D eigenvalue weighted by Crippen LogP contribution is -2.30. The minimum Gasteiger partial charge on any atom is -0.492 e. The van der Waals surface area contributed by atoms with E-state index in [0.717, 1.165) is 29.9 Å². The summed E-state index contributed by atoms with van der Waals surface area (Å²) < 4.78 is 7.02. The van der Waals surface area contributed by atoms with Gasteiger partial charge in [0.2, 0.25) is 0 Å². The molecule has 3 rings (SSSR count). The van der Waals surface area contributed by atoms with E-state index in [1.165, 1.54) is 24.0 Å². The first-order chi connectivity index (χ1) is 10.3. The maximum absolute atomic E-state index is 5.99. The van der Waals surface area contributed by atoms with Crippen LogP contribution < -0.4 is 10.1 Å². The Labute approximate surface area is 134 Å². The molecule has 2 aromatic rings. The predicted molar refractivity (Wildman–Crippen MR) is 90.7 cm³/mol. The smallest absolute Gasteiger partial charge is 0.133 e. The molecule has 0 amide bonds. The third-order valence-corrected chi connectivity index (χ3v) is 4.59. The third kappa shape index (κ3) is 3.86. The van der Waals surface area contributed by atoms with E-state index in [9.17, 15) is 0 Å². The van der Waals surface area contributed by atoms with Gasteiger partial charge in [-0.25, -0.2) is 0 Å². The first-order valence-corrected chi connectivity index (χ1v) is 8.31. The number of hydrogen-bond acceptors (Lipinski definition) is 2. The number of hydrogen-bond donors (Lipinski definition) is 1. The Morgan fingerprint density at radius 1 is 1.00 bits per heavy atom. The Balaban J connectivity index is 1.67. The first kappa shape index (κ1) is 14.6. The molecular formula is C18H20BrNO. The second kappa shape index (κ2) is 7.10. The summed E-state index contributed by atoms with van der Waals surface area (Å²) in [4.78, 5) is 0. The van der Waals surface area contributed by atoms with E-state index >= 15 is 0 Å². The van der Waals surface area contributed by atoms with Gasteiger partial charge in [0, 0.05) is 0 Å². The highest BCUT2D eigenvalue weighted by molar-refractivity contribution is 9.10. The van der Waals surface area contributed by atoms with Crippen LogP contribution in [-0.2, 0) is 0 Å². The summed E-state index contributed by atoms with van der Waals surface area (Å²) in [7, 11) is 0. The van der Waals surface area contributed by atoms with E-state index in [0.29, 0.717) is 5.92 Å². The lowest BCUT2D eigenvalue weighted by Gasteiger charge is -2.23. The summed E-state index contributed by atoms with van der Waals surface area (Å²) in [5.41, 5.74) is 2.43. The van der Waals surface area contributed by atoms with Gasteiger partial charge in [0.1, 0.15) is 5.75 Å². The second-order valence-corrected chi connectivity index (χ2v) is 6.37. The monoisotopic (exact) mass is 345 g/mol. The van der Waals surface area contributed by atoms with E-state index < -0.39 is 0 Å². The quantitative estimate of drug-likeness (QED) is 0.880. The van der Waals surface area contributed by atoms with E-state index in [4.69, 9.17) is 4.74 Å². The van der Waals surface area contributed by atoms with Crippen molar-refractivity contribution in [2.75, 3.05) is 19.7 Å². The highest BCUT2D eigenvalue weighted by atomic mass is 79.9. The minimum atomic E-state index is 0.673. The van der Waals surface area contributed by atoms with Crippen LogP contribution in [0.3, 0.4) is 0 Å². The SMILES string of the molecule is Brc1cc(-c2ccccc2)ccc1OCC1CCNCC1. The maximum atomic E-state index is 5.99. The molecule has 0 aromatic heterocycles. The lowest BCUT2D eigenvalue weighted by molar-refractivity contribution is 0.214. The molecule has 3 heteroatoms. The lowest BCUT2D eigenvalue weighted by atomic mass is 9.99. The summed E-state index contributed by atoms with van der Waals surface area (Å²) in [6.45, 7) is 3.04. The number of nitrogens with one attached hydrogen (secondary N) is 1. The molecule has 0 unspecified atom stereocenters. The van der Waals surface area contributed by atoms with E-state index in [1.54, 1.807) is 0 Å². The van der Waals surface area contributed by atoms with E-state index in [1.807, 2.05) is 6.07 Å². The van der Waals surface area contributed by atoms with Crippen molar-refractivity contribution < 1.29 is 4.74 Å². The average Bonchev–Trinajstić information content (AvgIpc) is 2.55. The van der Waals surface area contributed by atoms with Gasteiger partial charge in [0.05, 0.1) is 11.1 Å². The first-order valence-electron chi connectivity index (χ1n) is 7.51. The molecule has 2 nitrogen and oxygen atoms in total. The van der Waals surface area contributed by atoms with E-state index in [-0.39, 0.29) is 0 Å². The third-order valence-electron chi connectivity index (χ3n) is 3.97. The zero-order valence-electron chi connectivity index (χ0n) is 12.0. The van der Waals surface area contributed by atoms with Crippen LogP contribution in [0.1, 0.15) is 12.8 Å². The molecule has 0 bridgehead atoms. The van der Waals surface area contributed by atoms with Gasteiger partial charge in [0.25, 0.3) is 0 Å². The fourth-order valence-corrected chi connectivity index (χ4v) is 3.18. The number of benzene rings is 2. The van der Waals surface area contributed by atoms with Crippen LogP contribution in [0.5, 0.6) is 5.75 Å². The molecule has 1 aliphatic rings. The Morgan fingerprint density at radius 3 is 2.48 bits per heavy atom. The molecule has 1 N–H and O–H groups in total. The predicted octanol–water partition coefficient (Wildman–Crippen LogP) is 4.49. The minimum absolute atomic E-state index is 0.673. The number of halogens is 1. The number of piperidine rings is 1. The molecule has 1 saturated heterocycles. The molecule has 0 radical (unpaired) electrons. The van der Waals surface area contributed by atoms with Gasteiger partial charge in [-0.15, -0.1) is 0 Å². The number of ether oxygens (including phenoxy) is 1. The summed E-state index contributed by atoms with van der Waals surface area (Å²) >= 11 is 3.63. The van der Waals surface area contributed by atoms with Crippen LogP contribution >= 0.6 is 15.9 Å². The van der Waals surface area contributed by atoms with Crippen LogP contribution in [0.25, 0.3) is 11.1 Å². The van der Waals surface area contributed by atoms with Crippen molar-refractivity contribution in [2.45, 2.75) is 12.8 Å². The van der Waals surface area contributed by atoms with Gasteiger partial charge in [0.15, 0.2) is 0 Å². The molecule has 0 spiro atoms. The van der Waals surface area contributed by atoms with Crippen molar-refractivity contribution >= 4 is 15.9 Å². The summed E-state index contributed by atoms with van der Waals surface area (Å²) in [5.74, 6) is 1.61. The summed E-state index contributed by atoms with van der Waals surface area (Å²) in [5, 5.41) is 3.39. The van der Waals surface area contributed by atoms with Crippen LogP contribution in [0.4, 0.5) is 0 Å². The molecular weight excluding hydrogens is 326 g/mol. The van der Waals surface area contributed by atoms with Crippen LogP contribution in [0.15, 0.2) is 53.0 Å². The Bertz CT molecular complexity index is 579. The standard InChI is InChI=1S/C18H20BrNO/c19-17-12-16(15-4-2-1-3-5-15)6-7-18(17)21-13-14-8-10-20-11-9-14/h1-7,12,14,20H,8-11,13H2. The number of rotatable bonds is 4. The zero-order chi connectivity index (χ0) is 14.5. The molecule has 1 aliphatic heterocycles. The molecule has 0 aliphatic carbocycles. The molecule has 0 atom stereocenters. The Kier molecular flexibility index (Phi) is 4.94. The topological polar surface area (TPSA) is 21.3 Å². The van der Waals surface area contributed by atoms with Crippen molar-refractivity contribution in [3.63, 3.8) is 0 Å².